The van der Waals surface area contributed by atoms with Gasteiger partial charge in [0, 0.05) is 33.1 Å². The van der Waals surface area contributed by atoms with Crippen molar-refractivity contribution in [2.75, 3.05) is 19.0 Å². The van der Waals surface area contributed by atoms with Crippen LogP contribution in [-0.2, 0) is 4.79 Å². The summed E-state index contributed by atoms with van der Waals surface area (Å²) in [4.78, 5) is 14.0. The molecule has 0 bridgehead atoms. The van der Waals surface area contributed by atoms with Gasteiger partial charge in [0.05, 0.1) is 11.8 Å². The summed E-state index contributed by atoms with van der Waals surface area (Å²) < 4.78 is 0. The molecule has 2 aromatic rings. The minimum absolute atomic E-state index is 0.0165. The molecular formula is C19H21N3O. The Hall–Kier alpha value is -2.62. The fourth-order valence-corrected chi connectivity index (χ4v) is 2.86. The van der Waals surface area contributed by atoms with Crippen molar-refractivity contribution in [2.24, 2.45) is 5.10 Å². The zero-order valence-electron chi connectivity index (χ0n) is 13.7. The highest BCUT2D eigenvalue weighted by atomic mass is 16.2. The molecule has 4 nitrogen and oxygen atoms in total. The van der Waals surface area contributed by atoms with E-state index in [1.165, 1.54) is 0 Å². The molecule has 1 amide bonds. The number of nitrogens with zero attached hydrogens (tertiary/aromatic N) is 3. The molecule has 0 aliphatic carbocycles. The first-order valence-electron chi connectivity index (χ1n) is 7.76. The summed E-state index contributed by atoms with van der Waals surface area (Å²) in [6.45, 7) is 1.57. The minimum atomic E-state index is -0.0289. The average molecular weight is 307 g/mol. The van der Waals surface area contributed by atoms with Crippen LogP contribution in [0, 0.1) is 0 Å². The Kier molecular flexibility index (Phi) is 4.15. The second kappa shape index (κ2) is 6.24. The lowest BCUT2D eigenvalue weighted by atomic mass is 9.98. The highest BCUT2D eigenvalue weighted by molar-refractivity contribution is 6.03. The van der Waals surface area contributed by atoms with Crippen LogP contribution in [0.1, 0.15) is 30.5 Å². The van der Waals surface area contributed by atoms with Gasteiger partial charge in [-0.15, -0.1) is 0 Å². The van der Waals surface area contributed by atoms with Crippen LogP contribution in [0.15, 0.2) is 59.7 Å². The predicted molar refractivity (Wildman–Crippen MR) is 93.6 cm³/mol. The summed E-state index contributed by atoms with van der Waals surface area (Å²) in [5.74, 6) is -0.0289. The van der Waals surface area contributed by atoms with E-state index in [9.17, 15) is 4.79 Å². The van der Waals surface area contributed by atoms with E-state index in [0.717, 1.165) is 28.9 Å². The summed E-state index contributed by atoms with van der Waals surface area (Å²) in [7, 11) is 4.04. The molecule has 1 atom stereocenters. The zero-order chi connectivity index (χ0) is 16.4. The largest absolute Gasteiger partial charge is 0.378 e. The van der Waals surface area contributed by atoms with E-state index >= 15 is 0 Å². The molecule has 4 heteroatoms. The molecular weight excluding hydrogens is 286 g/mol. The summed E-state index contributed by atoms with van der Waals surface area (Å²) >= 11 is 0. The fourth-order valence-electron chi connectivity index (χ4n) is 2.86. The Morgan fingerprint density at radius 3 is 2.30 bits per heavy atom. The van der Waals surface area contributed by atoms with Crippen LogP contribution in [0.5, 0.6) is 0 Å². The van der Waals surface area contributed by atoms with E-state index in [1.54, 1.807) is 11.9 Å². The normalized spacial score (nSPS) is 17.1. The van der Waals surface area contributed by atoms with E-state index in [2.05, 4.69) is 34.3 Å². The van der Waals surface area contributed by atoms with Gasteiger partial charge in [0.1, 0.15) is 0 Å². The van der Waals surface area contributed by atoms with E-state index in [-0.39, 0.29) is 11.9 Å². The lowest BCUT2D eigenvalue weighted by molar-refractivity contribution is -0.130. The van der Waals surface area contributed by atoms with Gasteiger partial charge >= 0.3 is 0 Å². The van der Waals surface area contributed by atoms with Crippen LogP contribution in [0.4, 0.5) is 5.69 Å². The van der Waals surface area contributed by atoms with Crippen molar-refractivity contribution >= 4 is 17.3 Å². The lowest BCUT2D eigenvalue weighted by Gasteiger charge is -2.20. The highest BCUT2D eigenvalue weighted by Crippen LogP contribution is 2.32. The van der Waals surface area contributed by atoms with Crippen LogP contribution in [0.3, 0.4) is 0 Å². The SMILES string of the molecule is CC(=O)N1N=C(c2ccc(N(C)C)cc2)C[C@@H]1c1ccccc1. The van der Waals surface area contributed by atoms with Gasteiger partial charge < -0.3 is 4.90 Å². The maximum absolute atomic E-state index is 12.0. The highest BCUT2D eigenvalue weighted by Gasteiger charge is 2.31. The number of anilines is 1. The fraction of sp³-hybridized carbons (Fsp3) is 0.263. The predicted octanol–water partition coefficient (Wildman–Crippen LogP) is 3.45. The average Bonchev–Trinajstić information content (AvgIpc) is 3.01. The molecule has 1 heterocycles. The van der Waals surface area contributed by atoms with Crippen molar-refractivity contribution in [3.05, 3.63) is 65.7 Å². The van der Waals surface area contributed by atoms with Gasteiger partial charge in [-0.25, -0.2) is 5.01 Å². The third kappa shape index (κ3) is 3.11. The molecule has 23 heavy (non-hydrogen) atoms. The molecule has 0 radical (unpaired) electrons. The second-order valence-corrected chi connectivity index (χ2v) is 5.98. The molecule has 0 spiro atoms. The van der Waals surface area contributed by atoms with Crippen molar-refractivity contribution in [1.82, 2.24) is 5.01 Å². The van der Waals surface area contributed by atoms with Crippen LogP contribution >= 0.6 is 0 Å². The summed E-state index contributed by atoms with van der Waals surface area (Å²) in [5, 5.41) is 6.18. The van der Waals surface area contributed by atoms with Crippen LogP contribution in [-0.4, -0.2) is 30.7 Å². The van der Waals surface area contributed by atoms with E-state index < -0.39 is 0 Å². The zero-order valence-corrected chi connectivity index (χ0v) is 13.7. The van der Waals surface area contributed by atoms with E-state index in [0.29, 0.717) is 0 Å². The van der Waals surface area contributed by atoms with Gasteiger partial charge in [-0.2, -0.15) is 5.10 Å². The number of carbonyl (C=O) groups is 1. The Morgan fingerprint density at radius 2 is 1.74 bits per heavy atom. The third-order valence-corrected chi connectivity index (χ3v) is 4.13. The topological polar surface area (TPSA) is 35.9 Å². The molecule has 0 saturated carbocycles. The number of hydrogen-bond acceptors (Lipinski definition) is 3. The molecule has 0 fully saturated rings. The molecule has 1 aliphatic rings. The number of hydrogen-bond donors (Lipinski definition) is 0. The number of benzene rings is 2. The molecule has 118 valence electrons. The monoisotopic (exact) mass is 307 g/mol. The smallest absolute Gasteiger partial charge is 0.240 e. The first kappa shape index (κ1) is 15.3. The van der Waals surface area contributed by atoms with Gasteiger partial charge in [-0.05, 0) is 23.3 Å². The molecule has 0 N–H and O–H groups in total. The number of amides is 1. The van der Waals surface area contributed by atoms with Crippen molar-refractivity contribution in [3.8, 4) is 0 Å². The molecule has 0 saturated heterocycles. The standard InChI is InChI=1S/C19H21N3O/c1-14(23)22-19(16-7-5-4-6-8-16)13-18(20-22)15-9-11-17(12-10-15)21(2)3/h4-12,19H,13H2,1-3H3/t19-/m1/s1. The Labute approximate surface area is 137 Å². The van der Waals surface area contributed by atoms with Gasteiger partial charge in [0.25, 0.3) is 0 Å². The van der Waals surface area contributed by atoms with Crippen LogP contribution in [0.2, 0.25) is 0 Å². The van der Waals surface area contributed by atoms with Gasteiger partial charge in [-0.1, -0.05) is 42.5 Å². The van der Waals surface area contributed by atoms with E-state index in [4.69, 9.17) is 0 Å². The van der Waals surface area contributed by atoms with Crippen molar-refractivity contribution in [3.63, 3.8) is 0 Å². The number of hydrazone groups is 1. The quantitative estimate of drug-likeness (QED) is 0.870. The Balaban J connectivity index is 1.89. The first-order valence-corrected chi connectivity index (χ1v) is 7.76. The molecule has 0 aromatic heterocycles. The van der Waals surface area contributed by atoms with E-state index in [1.807, 2.05) is 44.4 Å². The maximum Gasteiger partial charge on any atom is 0.240 e. The Morgan fingerprint density at radius 1 is 1.09 bits per heavy atom. The van der Waals surface area contributed by atoms with Crippen molar-refractivity contribution in [2.45, 2.75) is 19.4 Å². The van der Waals surface area contributed by atoms with Gasteiger partial charge in [0.15, 0.2) is 0 Å². The van der Waals surface area contributed by atoms with Gasteiger partial charge in [-0.3, -0.25) is 4.79 Å². The number of rotatable bonds is 3. The Bertz CT molecular complexity index is 720. The minimum Gasteiger partial charge on any atom is -0.378 e. The van der Waals surface area contributed by atoms with Crippen molar-refractivity contribution < 1.29 is 4.79 Å². The first-order chi connectivity index (χ1) is 11.1. The van der Waals surface area contributed by atoms with Crippen LogP contribution in [0.25, 0.3) is 0 Å². The molecule has 3 rings (SSSR count). The molecule has 2 aromatic carbocycles. The van der Waals surface area contributed by atoms with Crippen LogP contribution < -0.4 is 4.90 Å². The summed E-state index contributed by atoms with van der Waals surface area (Å²) in [5.41, 5.74) is 4.29. The number of carbonyl (C=O) groups excluding carboxylic acids is 1. The van der Waals surface area contributed by atoms with Gasteiger partial charge in [0.2, 0.25) is 5.91 Å². The molecule has 1 aliphatic heterocycles. The second-order valence-electron chi connectivity index (χ2n) is 5.98. The summed E-state index contributed by atoms with van der Waals surface area (Å²) in [6.07, 6.45) is 0.741. The molecule has 0 unspecified atom stereocenters. The van der Waals surface area contributed by atoms with Crippen molar-refractivity contribution in [1.29, 1.82) is 0 Å². The summed E-state index contributed by atoms with van der Waals surface area (Å²) in [6, 6.07) is 18.4. The third-order valence-electron chi connectivity index (χ3n) is 4.13. The lowest BCUT2D eigenvalue weighted by Crippen LogP contribution is -2.24. The maximum atomic E-state index is 12.0.